The molecule has 158 valence electrons. The van der Waals surface area contributed by atoms with Gasteiger partial charge in [-0.3, -0.25) is 4.79 Å². The molecule has 7 nitrogen and oxygen atoms in total. The van der Waals surface area contributed by atoms with Gasteiger partial charge in [-0.2, -0.15) is 18.2 Å². The van der Waals surface area contributed by atoms with Crippen LogP contribution >= 0.6 is 0 Å². The zero-order valence-electron chi connectivity index (χ0n) is 16.0. The second-order valence-corrected chi connectivity index (χ2v) is 7.42. The van der Waals surface area contributed by atoms with Gasteiger partial charge in [0.1, 0.15) is 11.2 Å². The number of alkyl halides is 3. The van der Waals surface area contributed by atoms with Crippen molar-refractivity contribution in [1.82, 2.24) is 15.0 Å². The lowest BCUT2D eigenvalue weighted by molar-refractivity contribution is -0.137. The number of benzene rings is 1. The Morgan fingerprint density at radius 2 is 1.87 bits per heavy atom. The number of nitrogens with one attached hydrogen (secondary N) is 3. The molecule has 1 aliphatic rings. The number of aromatic amines is 1. The third kappa shape index (κ3) is 4.38. The smallest absolute Gasteiger partial charge is 0.351 e. The van der Waals surface area contributed by atoms with Gasteiger partial charge in [-0.15, -0.1) is 0 Å². The number of rotatable bonds is 4. The fourth-order valence-corrected chi connectivity index (χ4v) is 3.60. The fourth-order valence-electron chi connectivity index (χ4n) is 3.60. The molecule has 0 saturated heterocycles. The summed E-state index contributed by atoms with van der Waals surface area (Å²) in [7, 11) is 0. The molecule has 0 unspecified atom stereocenters. The molecule has 4 rings (SSSR count). The van der Waals surface area contributed by atoms with E-state index in [-0.39, 0.29) is 29.0 Å². The van der Waals surface area contributed by atoms with Crippen LogP contribution in [0.2, 0.25) is 0 Å². The Balaban J connectivity index is 1.70. The molecular weight excluding hydrogens is 397 g/mol. The lowest BCUT2D eigenvalue weighted by Gasteiger charge is -2.27. The SMILES string of the molecule is NC1CCC(Nc2nc(Nc3cccc(C(F)(F)F)c3)c3c(=O)[nH]ccc3n2)CC1. The monoisotopic (exact) mass is 418 g/mol. The van der Waals surface area contributed by atoms with Gasteiger partial charge in [0.25, 0.3) is 5.56 Å². The van der Waals surface area contributed by atoms with Crippen molar-refractivity contribution in [3.63, 3.8) is 0 Å². The number of nitrogens with two attached hydrogens (primary N) is 1. The van der Waals surface area contributed by atoms with Gasteiger partial charge < -0.3 is 21.4 Å². The summed E-state index contributed by atoms with van der Waals surface area (Å²) in [6, 6.07) is 6.69. The molecule has 1 saturated carbocycles. The first kappa shape index (κ1) is 20.1. The lowest BCUT2D eigenvalue weighted by atomic mass is 9.92. The molecule has 1 fully saturated rings. The minimum atomic E-state index is -4.47. The Morgan fingerprint density at radius 1 is 1.10 bits per heavy atom. The third-order valence-corrected chi connectivity index (χ3v) is 5.18. The van der Waals surface area contributed by atoms with Crippen LogP contribution in [0.25, 0.3) is 10.9 Å². The van der Waals surface area contributed by atoms with Gasteiger partial charge in [-0.25, -0.2) is 4.98 Å². The quantitative estimate of drug-likeness (QED) is 0.514. The van der Waals surface area contributed by atoms with Crippen LogP contribution in [0.15, 0.2) is 41.3 Å². The van der Waals surface area contributed by atoms with Gasteiger partial charge in [-0.1, -0.05) is 6.07 Å². The highest BCUT2D eigenvalue weighted by atomic mass is 19.4. The van der Waals surface area contributed by atoms with Crippen molar-refractivity contribution in [3.05, 3.63) is 52.4 Å². The first-order valence-electron chi connectivity index (χ1n) is 9.65. The summed E-state index contributed by atoms with van der Waals surface area (Å²) in [6.45, 7) is 0. The minimum absolute atomic E-state index is 0.135. The molecule has 0 atom stereocenters. The Labute approximate surface area is 169 Å². The number of halogens is 3. The molecule has 2 aromatic heterocycles. The van der Waals surface area contributed by atoms with E-state index in [2.05, 4.69) is 25.6 Å². The number of hydrogen-bond acceptors (Lipinski definition) is 6. The van der Waals surface area contributed by atoms with E-state index in [1.807, 2.05) is 0 Å². The molecule has 2 heterocycles. The summed E-state index contributed by atoms with van der Waals surface area (Å²) < 4.78 is 39.1. The first-order chi connectivity index (χ1) is 14.3. The molecule has 0 radical (unpaired) electrons. The number of aromatic nitrogens is 3. The molecule has 10 heteroatoms. The molecule has 0 spiro atoms. The summed E-state index contributed by atoms with van der Waals surface area (Å²) >= 11 is 0. The van der Waals surface area contributed by atoms with Gasteiger partial charge in [0, 0.05) is 24.0 Å². The summed E-state index contributed by atoms with van der Waals surface area (Å²) in [4.78, 5) is 23.7. The highest BCUT2D eigenvalue weighted by Gasteiger charge is 2.30. The standard InChI is InChI=1S/C20H21F3N6O/c21-20(22,23)11-2-1-3-14(10-11)26-17-16-15(8-9-25-18(16)30)28-19(29-17)27-13-6-4-12(24)5-7-13/h1-3,8-10,12-13H,4-7,24H2,(H,25,30)(H2,26,27,28,29). The van der Waals surface area contributed by atoms with E-state index in [0.717, 1.165) is 37.8 Å². The van der Waals surface area contributed by atoms with Crippen LogP contribution in [0, 0.1) is 0 Å². The predicted molar refractivity (Wildman–Crippen MR) is 109 cm³/mol. The van der Waals surface area contributed by atoms with Crippen molar-refractivity contribution >= 4 is 28.4 Å². The summed E-state index contributed by atoms with van der Waals surface area (Å²) in [5.74, 6) is 0.444. The Hall–Kier alpha value is -3.14. The number of anilines is 3. The van der Waals surface area contributed by atoms with E-state index >= 15 is 0 Å². The van der Waals surface area contributed by atoms with Crippen LogP contribution < -0.4 is 21.9 Å². The van der Waals surface area contributed by atoms with Gasteiger partial charge >= 0.3 is 6.18 Å². The van der Waals surface area contributed by atoms with Crippen molar-refractivity contribution in [3.8, 4) is 0 Å². The van der Waals surface area contributed by atoms with Crippen LogP contribution in [-0.4, -0.2) is 27.0 Å². The first-order valence-corrected chi connectivity index (χ1v) is 9.65. The molecule has 0 amide bonds. The number of hydrogen-bond donors (Lipinski definition) is 4. The third-order valence-electron chi connectivity index (χ3n) is 5.18. The number of H-pyrrole nitrogens is 1. The Bertz CT molecular complexity index is 1110. The largest absolute Gasteiger partial charge is 0.416 e. The van der Waals surface area contributed by atoms with Crippen LogP contribution in [0.3, 0.4) is 0 Å². The number of pyridine rings is 1. The van der Waals surface area contributed by atoms with Crippen LogP contribution in [-0.2, 0) is 6.18 Å². The topological polar surface area (TPSA) is 109 Å². The van der Waals surface area contributed by atoms with Crippen molar-refractivity contribution < 1.29 is 13.2 Å². The summed E-state index contributed by atoms with van der Waals surface area (Å²) in [5.41, 5.74) is 5.28. The molecule has 30 heavy (non-hydrogen) atoms. The maximum Gasteiger partial charge on any atom is 0.416 e. The summed E-state index contributed by atoms with van der Waals surface area (Å²) in [6.07, 6.45) is 0.510. The van der Waals surface area contributed by atoms with E-state index in [9.17, 15) is 18.0 Å². The molecule has 1 aliphatic carbocycles. The minimum Gasteiger partial charge on any atom is -0.351 e. The highest BCUT2D eigenvalue weighted by molar-refractivity contribution is 5.90. The normalized spacial score (nSPS) is 19.6. The predicted octanol–water partition coefficient (Wildman–Crippen LogP) is 3.76. The van der Waals surface area contributed by atoms with Gasteiger partial charge in [0.2, 0.25) is 5.95 Å². The molecule has 1 aromatic carbocycles. The lowest BCUT2D eigenvalue weighted by Crippen LogP contribution is -2.33. The Kier molecular flexibility index (Phi) is 5.33. The van der Waals surface area contributed by atoms with Crippen LogP contribution in [0.4, 0.5) is 30.6 Å². The van der Waals surface area contributed by atoms with Crippen molar-refractivity contribution in [2.75, 3.05) is 10.6 Å². The van der Waals surface area contributed by atoms with Crippen molar-refractivity contribution in [1.29, 1.82) is 0 Å². The molecule has 5 N–H and O–H groups in total. The maximum absolute atomic E-state index is 13.0. The van der Waals surface area contributed by atoms with E-state index < -0.39 is 17.3 Å². The molecule has 0 bridgehead atoms. The van der Waals surface area contributed by atoms with E-state index in [1.54, 1.807) is 6.07 Å². The number of fused-ring (bicyclic) bond motifs is 1. The summed E-state index contributed by atoms with van der Waals surface area (Å²) in [5, 5.41) is 6.29. The molecular formula is C20H21F3N6O. The Morgan fingerprint density at radius 3 is 2.60 bits per heavy atom. The average Bonchev–Trinajstić information content (AvgIpc) is 2.69. The van der Waals surface area contributed by atoms with Gasteiger partial charge in [0.15, 0.2) is 0 Å². The van der Waals surface area contributed by atoms with E-state index in [0.29, 0.717) is 11.5 Å². The molecule has 3 aromatic rings. The van der Waals surface area contributed by atoms with Crippen molar-refractivity contribution in [2.24, 2.45) is 5.73 Å². The van der Waals surface area contributed by atoms with Crippen molar-refractivity contribution in [2.45, 2.75) is 43.9 Å². The van der Waals surface area contributed by atoms with Crippen LogP contribution in [0.1, 0.15) is 31.2 Å². The van der Waals surface area contributed by atoms with E-state index in [4.69, 9.17) is 5.73 Å². The average molecular weight is 418 g/mol. The zero-order valence-corrected chi connectivity index (χ0v) is 16.0. The second kappa shape index (κ2) is 7.94. The second-order valence-electron chi connectivity index (χ2n) is 7.42. The highest BCUT2D eigenvalue weighted by Crippen LogP contribution is 2.32. The maximum atomic E-state index is 13.0. The van der Waals surface area contributed by atoms with Crippen LogP contribution in [0.5, 0.6) is 0 Å². The van der Waals surface area contributed by atoms with Gasteiger partial charge in [-0.05, 0) is 49.9 Å². The zero-order chi connectivity index (χ0) is 21.3. The number of nitrogens with zero attached hydrogens (tertiary/aromatic N) is 2. The fraction of sp³-hybridized carbons (Fsp3) is 0.350. The van der Waals surface area contributed by atoms with Gasteiger partial charge in [0.05, 0.1) is 11.1 Å². The van der Waals surface area contributed by atoms with E-state index in [1.165, 1.54) is 18.3 Å². The molecule has 0 aliphatic heterocycles.